The van der Waals surface area contributed by atoms with Gasteiger partial charge in [-0.25, -0.2) is 0 Å². The van der Waals surface area contributed by atoms with Crippen molar-refractivity contribution in [3.63, 3.8) is 0 Å². The Labute approximate surface area is 206 Å². The number of hydrogen-bond acceptors (Lipinski definition) is 3. The van der Waals surface area contributed by atoms with Crippen LogP contribution in [0.25, 0.3) is 0 Å². The standard InChI is InChI=1S/C31H41N3/c1-4-10-28(25-11-6-5-7-12-25)33-21-22-34(30-15-16-31(30)17-19-32-20-18-31)29(23-33)27-14-9-8-13-26(27)24(2)3/h5-9,11-14,24,28-30,32H,15-23H2,1-3H3. The third-order valence-electron chi connectivity index (χ3n) is 8.81. The van der Waals surface area contributed by atoms with Crippen molar-refractivity contribution in [2.24, 2.45) is 5.41 Å². The number of benzene rings is 2. The Bertz CT molecular complexity index is 1010. The van der Waals surface area contributed by atoms with E-state index in [4.69, 9.17) is 0 Å². The fourth-order valence-electron chi connectivity index (χ4n) is 6.91. The van der Waals surface area contributed by atoms with Crippen molar-refractivity contribution in [3.8, 4) is 11.8 Å². The molecule has 2 aromatic carbocycles. The van der Waals surface area contributed by atoms with E-state index in [0.29, 0.717) is 17.4 Å². The molecule has 180 valence electrons. The first kappa shape index (κ1) is 23.6. The van der Waals surface area contributed by atoms with Gasteiger partial charge in [-0.2, -0.15) is 0 Å². The molecule has 3 unspecified atom stereocenters. The molecule has 3 fully saturated rings. The molecule has 1 saturated carbocycles. The van der Waals surface area contributed by atoms with Crippen LogP contribution in [-0.4, -0.2) is 48.6 Å². The molecule has 0 aromatic heterocycles. The molecule has 2 aromatic rings. The number of rotatable bonds is 5. The Balaban J connectivity index is 1.50. The quantitative estimate of drug-likeness (QED) is 0.578. The van der Waals surface area contributed by atoms with Crippen LogP contribution in [0.15, 0.2) is 54.6 Å². The van der Waals surface area contributed by atoms with Crippen LogP contribution in [0.2, 0.25) is 0 Å². The zero-order valence-electron chi connectivity index (χ0n) is 21.3. The second-order valence-electron chi connectivity index (χ2n) is 10.9. The third-order valence-corrected chi connectivity index (χ3v) is 8.81. The van der Waals surface area contributed by atoms with E-state index in [1.54, 1.807) is 0 Å². The molecule has 1 spiro atoms. The maximum Gasteiger partial charge on any atom is 0.0971 e. The highest BCUT2D eigenvalue weighted by atomic mass is 15.3. The highest BCUT2D eigenvalue weighted by molar-refractivity contribution is 5.34. The molecule has 0 bridgehead atoms. The lowest BCUT2D eigenvalue weighted by molar-refractivity contribution is -0.0921. The molecular formula is C31H41N3. The third kappa shape index (κ3) is 4.44. The summed E-state index contributed by atoms with van der Waals surface area (Å²) in [4.78, 5) is 5.58. The lowest BCUT2D eigenvalue weighted by Gasteiger charge is -2.60. The maximum atomic E-state index is 3.61. The normalized spacial score (nSPS) is 26.0. The minimum absolute atomic E-state index is 0.163. The second-order valence-corrected chi connectivity index (χ2v) is 10.9. The summed E-state index contributed by atoms with van der Waals surface area (Å²) in [5.74, 6) is 7.33. The summed E-state index contributed by atoms with van der Waals surface area (Å²) in [5.41, 5.74) is 4.89. The Hall–Kier alpha value is -2.12. The molecule has 2 heterocycles. The van der Waals surface area contributed by atoms with Crippen LogP contribution in [0.5, 0.6) is 0 Å². The second kappa shape index (κ2) is 10.2. The predicted octanol–water partition coefficient (Wildman–Crippen LogP) is 5.77. The molecule has 3 atom stereocenters. The molecule has 3 nitrogen and oxygen atoms in total. The number of nitrogens with zero attached hydrogens (tertiary/aromatic N) is 2. The summed E-state index contributed by atoms with van der Waals surface area (Å²) in [6, 6.07) is 21.4. The highest BCUT2D eigenvalue weighted by Crippen LogP contribution is 2.53. The van der Waals surface area contributed by atoms with Gasteiger partial charge in [0, 0.05) is 31.7 Å². The van der Waals surface area contributed by atoms with Gasteiger partial charge in [-0.15, -0.1) is 5.92 Å². The van der Waals surface area contributed by atoms with Gasteiger partial charge < -0.3 is 5.32 Å². The monoisotopic (exact) mass is 455 g/mol. The molecule has 3 aliphatic rings. The summed E-state index contributed by atoms with van der Waals surface area (Å²) in [7, 11) is 0. The van der Waals surface area contributed by atoms with Gasteiger partial charge in [0.15, 0.2) is 0 Å². The molecule has 2 saturated heterocycles. The largest absolute Gasteiger partial charge is 0.317 e. The Kier molecular flexibility index (Phi) is 7.11. The first-order valence-corrected chi connectivity index (χ1v) is 13.4. The van der Waals surface area contributed by atoms with E-state index < -0.39 is 0 Å². The van der Waals surface area contributed by atoms with Crippen molar-refractivity contribution < 1.29 is 0 Å². The fourth-order valence-corrected chi connectivity index (χ4v) is 6.91. The molecule has 0 radical (unpaired) electrons. The van der Waals surface area contributed by atoms with Gasteiger partial charge in [0.2, 0.25) is 0 Å². The molecule has 1 N–H and O–H groups in total. The van der Waals surface area contributed by atoms with Crippen LogP contribution in [0, 0.1) is 17.3 Å². The lowest BCUT2D eigenvalue weighted by atomic mass is 9.58. The molecular weight excluding hydrogens is 414 g/mol. The summed E-state index contributed by atoms with van der Waals surface area (Å²) < 4.78 is 0. The van der Waals surface area contributed by atoms with E-state index in [-0.39, 0.29) is 6.04 Å². The van der Waals surface area contributed by atoms with Crippen molar-refractivity contribution in [1.82, 2.24) is 15.1 Å². The average Bonchev–Trinajstić information content (AvgIpc) is 2.88. The number of piperazine rings is 1. The van der Waals surface area contributed by atoms with E-state index in [2.05, 4.69) is 95.4 Å². The lowest BCUT2D eigenvalue weighted by Crippen LogP contribution is -2.63. The smallest absolute Gasteiger partial charge is 0.0971 e. The summed E-state index contributed by atoms with van der Waals surface area (Å²) in [6.45, 7) is 12.3. The van der Waals surface area contributed by atoms with Gasteiger partial charge >= 0.3 is 0 Å². The molecule has 34 heavy (non-hydrogen) atoms. The summed E-state index contributed by atoms with van der Waals surface area (Å²) in [6.07, 6.45) is 5.44. The zero-order chi connectivity index (χ0) is 23.5. The van der Waals surface area contributed by atoms with Crippen molar-refractivity contribution in [3.05, 3.63) is 71.3 Å². The molecule has 0 amide bonds. The van der Waals surface area contributed by atoms with Crippen LogP contribution in [0.3, 0.4) is 0 Å². The van der Waals surface area contributed by atoms with Crippen LogP contribution < -0.4 is 5.32 Å². The van der Waals surface area contributed by atoms with E-state index >= 15 is 0 Å². The number of piperidine rings is 1. The van der Waals surface area contributed by atoms with Gasteiger partial charge in [0.05, 0.1) is 6.04 Å². The highest BCUT2D eigenvalue weighted by Gasteiger charge is 2.52. The minimum atomic E-state index is 0.163. The van der Waals surface area contributed by atoms with Crippen LogP contribution in [-0.2, 0) is 0 Å². The summed E-state index contributed by atoms with van der Waals surface area (Å²) >= 11 is 0. The topological polar surface area (TPSA) is 18.5 Å². The first-order valence-electron chi connectivity index (χ1n) is 13.4. The average molecular weight is 456 g/mol. The number of hydrogen-bond donors (Lipinski definition) is 1. The SMILES string of the molecule is CC#CC(c1ccccc1)N1CCN(C2CCC23CCNCC3)C(c2ccccc2C(C)C)C1. The zero-order valence-corrected chi connectivity index (χ0v) is 21.3. The molecule has 3 heteroatoms. The fraction of sp³-hybridized carbons (Fsp3) is 0.548. The van der Waals surface area contributed by atoms with Crippen molar-refractivity contribution >= 4 is 0 Å². The van der Waals surface area contributed by atoms with Gasteiger partial charge in [-0.3, -0.25) is 9.80 Å². The van der Waals surface area contributed by atoms with E-state index in [1.807, 2.05) is 6.92 Å². The number of nitrogens with one attached hydrogen (secondary N) is 1. The van der Waals surface area contributed by atoms with Gasteiger partial charge in [-0.1, -0.05) is 74.4 Å². The molecule has 5 rings (SSSR count). The van der Waals surface area contributed by atoms with E-state index in [9.17, 15) is 0 Å². The predicted molar refractivity (Wildman–Crippen MR) is 142 cm³/mol. The molecule has 1 aliphatic carbocycles. The van der Waals surface area contributed by atoms with Crippen LogP contribution >= 0.6 is 0 Å². The Morgan fingerprint density at radius 3 is 2.35 bits per heavy atom. The van der Waals surface area contributed by atoms with Gasteiger partial charge in [0.1, 0.15) is 0 Å². The Morgan fingerprint density at radius 1 is 0.941 bits per heavy atom. The van der Waals surface area contributed by atoms with Crippen LogP contribution in [0.1, 0.15) is 81.1 Å². The van der Waals surface area contributed by atoms with Gasteiger partial charge in [0.25, 0.3) is 0 Å². The maximum absolute atomic E-state index is 3.61. The van der Waals surface area contributed by atoms with Crippen molar-refractivity contribution in [1.29, 1.82) is 0 Å². The minimum Gasteiger partial charge on any atom is -0.317 e. The first-order chi connectivity index (χ1) is 16.6. The van der Waals surface area contributed by atoms with Crippen molar-refractivity contribution in [2.45, 2.75) is 70.5 Å². The van der Waals surface area contributed by atoms with Gasteiger partial charge in [-0.05, 0) is 73.7 Å². The van der Waals surface area contributed by atoms with E-state index in [0.717, 1.165) is 25.7 Å². The Morgan fingerprint density at radius 2 is 1.68 bits per heavy atom. The molecule has 2 aliphatic heterocycles. The van der Waals surface area contributed by atoms with Crippen molar-refractivity contribution in [2.75, 3.05) is 32.7 Å². The van der Waals surface area contributed by atoms with Crippen LogP contribution in [0.4, 0.5) is 0 Å². The summed E-state index contributed by atoms with van der Waals surface area (Å²) in [5, 5.41) is 3.61. The van der Waals surface area contributed by atoms with E-state index in [1.165, 1.54) is 55.5 Å².